The van der Waals surface area contributed by atoms with Crippen LogP contribution in [0.15, 0.2) is 59.7 Å². The van der Waals surface area contributed by atoms with Crippen LogP contribution in [0.4, 0.5) is 0 Å². The van der Waals surface area contributed by atoms with Gasteiger partial charge in [0.15, 0.2) is 0 Å². The molecule has 3 rings (SSSR count). The molecule has 0 aliphatic rings. The molecule has 0 saturated heterocycles. The van der Waals surface area contributed by atoms with Gasteiger partial charge in [0.1, 0.15) is 16.5 Å². The minimum absolute atomic E-state index is 0.100. The number of nitrogens with zero attached hydrogens (tertiary/aromatic N) is 2. The number of benzene rings is 2. The van der Waals surface area contributed by atoms with E-state index in [1.165, 1.54) is 11.3 Å². The van der Waals surface area contributed by atoms with Crippen molar-refractivity contribution in [2.75, 3.05) is 0 Å². The number of hydrazone groups is 1. The van der Waals surface area contributed by atoms with Gasteiger partial charge in [-0.1, -0.05) is 42.5 Å². The fourth-order valence-corrected chi connectivity index (χ4v) is 3.39. The van der Waals surface area contributed by atoms with Crippen LogP contribution in [-0.4, -0.2) is 23.2 Å². The standard InChI is InChI=1S/C21H21N3O2S/c1-14(2)26-18-11-7-8-16(12-18)13-22-24-20(25)19-15(3)27-21(23-19)17-9-5-4-6-10-17/h4-14H,1-3H3,(H,24,25)/b22-13-. The van der Waals surface area contributed by atoms with Crippen molar-refractivity contribution in [1.29, 1.82) is 0 Å². The number of nitrogens with one attached hydrogen (secondary N) is 1. The van der Waals surface area contributed by atoms with Gasteiger partial charge < -0.3 is 4.74 Å². The first kappa shape index (κ1) is 18.8. The highest BCUT2D eigenvalue weighted by atomic mass is 32.1. The largest absolute Gasteiger partial charge is 0.491 e. The van der Waals surface area contributed by atoms with Gasteiger partial charge in [0, 0.05) is 10.4 Å². The Hall–Kier alpha value is -2.99. The number of rotatable bonds is 6. The number of carbonyl (C=O) groups excluding carboxylic acids is 1. The van der Waals surface area contributed by atoms with Crippen molar-refractivity contribution in [3.63, 3.8) is 0 Å². The Bertz CT molecular complexity index is 949. The molecule has 0 saturated carbocycles. The maximum atomic E-state index is 12.4. The van der Waals surface area contributed by atoms with Crippen molar-refractivity contribution < 1.29 is 9.53 Å². The van der Waals surface area contributed by atoms with Crippen molar-refractivity contribution in [3.05, 3.63) is 70.7 Å². The molecule has 1 amide bonds. The van der Waals surface area contributed by atoms with Crippen molar-refractivity contribution in [2.24, 2.45) is 5.10 Å². The molecule has 1 N–H and O–H groups in total. The fraction of sp³-hybridized carbons (Fsp3) is 0.190. The van der Waals surface area contributed by atoms with Gasteiger partial charge in [-0.2, -0.15) is 5.10 Å². The molecule has 0 unspecified atom stereocenters. The van der Waals surface area contributed by atoms with E-state index >= 15 is 0 Å². The summed E-state index contributed by atoms with van der Waals surface area (Å²) in [6.45, 7) is 5.83. The van der Waals surface area contributed by atoms with Crippen molar-refractivity contribution in [2.45, 2.75) is 26.9 Å². The molecular formula is C21H21N3O2S. The lowest BCUT2D eigenvalue weighted by Crippen LogP contribution is -2.19. The second kappa shape index (κ2) is 8.60. The zero-order valence-electron chi connectivity index (χ0n) is 15.5. The van der Waals surface area contributed by atoms with Crippen LogP contribution in [0.5, 0.6) is 5.75 Å². The van der Waals surface area contributed by atoms with Gasteiger partial charge in [0.25, 0.3) is 5.91 Å². The van der Waals surface area contributed by atoms with E-state index < -0.39 is 0 Å². The first-order valence-electron chi connectivity index (χ1n) is 8.66. The van der Waals surface area contributed by atoms with Gasteiger partial charge in [0.05, 0.1) is 12.3 Å². The number of thiazole rings is 1. The van der Waals surface area contributed by atoms with Crippen LogP contribution in [0.3, 0.4) is 0 Å². The van der Waals surface area contributed by atoms with Gasteiger partial charge >= 0.3 is 0 Å². The van der Waals surface area contributed by atoms with E-state index in [2.05, 4.69) is 15.5 Å². The number of amides is 1. The SMILES string of the molecule is Cc1sc(-c2ccccc2)nc1C(=O)N/N=C\c1cccc(OC(C)C)c1. The lowest BCUT2D eigenvalue weighted by molar-refractivity contribution is 0.0950. The van der Waals surface area contributed by atoms with Crippen LogP contribution in [-0.2, 0) is 0 Å². The lowest BCUT2D eigenvalue weighted by Gasteiger charge is -2.09. The van der Waals surface area contributed by atoms with Crippen LogP contribution in [0.25, 0.3) is 10.6 Å². The van der Waals surface area contributed by atoms with Gasteiger partial charge in [-0.15, -0.1) is 11.3 Å². The third-order valence-corrected chi connectivity index (χ3v) is 4.66. The molecule has 5 nitrogen and oxygen atoms in total. The van der Waals surface area contributed by atoms with Gasteiger partial charge in [-0.25, -0.2) is 10.4 Å². The molecule has 138 valence electrons. The fourth-order valence-electron chi connectivity index (χ4n) is 2.47. The predicted molar refractivity (Wildman–Crippen MR) is 110 cm³/mol. The maximum Gasteiger partial charge on any atom is 0.291 e. The molecular weight excluding hydrogens is 358 g/mol. The van der Waals surface area contributed by atoms with E-state index in [0.717, 1.165) is 26.8 Å². The lowest BCUT2D eigenvalue weighted by atomic mass is 10.2. The Morgan fingerprint density at radius 1 is 1.19 bits per heavy atom. The van der Waals surface area contributed by atoms with Gasteiger partial charge in [-0.05, 0) is 38.5 Å². The Labute approximate surface area is 162 Å². The van der Waals surface area contributed by atoms with E-state index in [1.54, 1.807) is 6.21 Å². The van der Waals surface area contributed by atoms with Gasteiger partial charge in [-0.3, -0.25) is 4.79 Å². The van der Waals surface area contributed by atoms with Crippen LogP contribution in [0.1, 0.15) is 34.8 Å². The Morgan fingerprint density at radius 3 is 2.70 bits per heavy atom. The number of aromatic nitrogens is 1. The number of hydrogen-bond donors (Lipinski definition) is 1. The molecule has 27 heavy (non-hydrogen) atoms. The predicted octanol–water partition coefficient (Wildman–Crippen LogP) is 4.67. The topological polar surface area (TPSA) is 63.6 Å². The van der Waals surface area contributed by atoms with E-state index in [4.69, 9.17) is 4.74 Å². The van der Waals surface area contributed by atoms with E-state index in [-0.39, 0.29) is 12.0 Å². The molecule has 0 spiro atoms. The number of carbonyl (C=O) groups is 1. The molecule has 1 heterocycles. The average Bonchev–Trinajstić information content (AvgIpc) is 3.04. The smallest absolute Gasteiger partial charge is 0.291 e. The first-order valence-corrected chi connectivity index (χ1v) is 9.47. The summed E-state index contributed by atoms with van der Waals surface area (Å²) < 4.78 is 5.65. The van der Waals surface area contributed by atoms with Crippen molar-refractivity contribution in [3.8, 4) is 16.3 Å². The summed E-state index contributed by atoms with van der Waals surface area (Å²) in [7, 11) is 0. The summed E-state index contributed by atoms with van der Waals surface area (Å²) in [6, 6.07) is 17.3. The highest BCUT2D eigenvalue weighted by molar-refractivity contribution is 7.15. The third-order valence-electron chi connectivity index (χ3n) is 3.64. The molecule has 0 fully saturated rings. The number of ether oxygens (including phenoxy) is 1. The summed E-state index contributed by atoms with van der Waals surface area (Å²) in [6.07, 6.45) is 1.69. The van der Waals surface area contributed by atoms with Crippen molar-refractivity contribution >= 4 is 23.5 Å². The highest BCUT2D eigenvalue weighted by Gasteiger charge is 2.15. The Balaban J connectivity index is 1.68. The van der Waals surface area contributed by atoms with Crippen LogP contribution in [0, 0.1) is 6.92 Å². The van der Waals surface area contributed by atoms with E-state index in [9.17, 15) is 4.79 Å². The average molecular weight is 379 g/mol. The molecule has 0 aliphatic carbocycles. The van der Waals surface area contributed by atoms with Gasteiger partial charge in [0.2, 0.25) is 0 Å². The molecule has 0 atom stereocenters. The first-order chi connectivity index (χ1) is 13.0. The normalized spacial score (nSPS) is 11.1. The maximum absolute atomic E-state index is 12.4. The van der Waals surface area contributed by atoms with Crippen LogP contribution in [0.2, 0.25) is 0 Å². The monoisotopic (exact) mass is 379 g/mol. The second-order valence-electron chi connectivity index (χ2n) is 6.23. The molecule has 1 aromatic heterocycles. The summed E-state index contributed by atoms with van der Waals surface area (Å²) in [4.78, 5) is 17.7. The minimum atomic E-state index is -0.322. The number of aryl methyl sites for hydroxylation is 1. The summed E-state index contributed by atoms with van der Waals surface area (Å²) in [5.41, 5.74) is 4.78. The zero-order valence-corrected chi connectivity index (χ0v) is 16.3. The number of hydrogen-bond acceptors (Lipinski definition) is 5. The second-order valence-corrected chi connectivity index (χ2v) is 7.43. The molecule has 3 aromatic rings. The molecule has 6 heteroatoms. The Kier molecular flexibility index (Phi) is 5.98. The third kappa shape index (κ3) is 5.01. The van der Waals surface area contributed by atoms with E-state index in [0.29, 0.717) is 5.69 Å². The summed E-state index contributed by atoms with van der Waals surface area (Å²) >= 11 is 1.49. The van der Waals surface area contributed by atoms with Crippen LogP contribution >= 0.6 is 11.3 Å². The van der Waals surface area contributed by atoms with Crippen LogP contribution < -0.4 is 10.2 Å². The van der Waals surface area contributed by atoms with Crippen molar-refractivity contribution in [1.82, 2.24) is 10.4 Å². The highest BCUT2D eigenvalue weighted by Crippen LogP contribution is 2.27. The molecule has 0 radical (unpaired) electrons. The zero-order chi connectivity index (χ0) is 19.2. The summed E-state index contributed by atoms with van der Waals surface area (Å²) in [5, 5.41) is 4.87. The molecule has 0 bridgehead atoms. The molecule has 0 aliphatic heterocycles. The molecule has 2 aromatic carbocycles. The quantitative estimate of drug-likeness (QED) is 0.500. The minimum Gasteiger partial charge on any atom is -0.491 e. The Morgan fingerprint density at radius 2 is 1.96 bits per heavy atom. The van der Waals surface area contributed by atoms with E-state index in [1.807, 2.05) is 75.4 Å². The summed E-state index contributed by atoms with van der Waals surface area (Å²) in [5.74, 6) is 0.444.